The number of pyridine rings is 1. The number of nitrogens with zero attached hydrogens (tertiary/aromatic N) is 3. The normalized spacial score (nSPS) is 19.0. The van der Waals surface area contributed by atoms with Crippen LogP contribution in [0.2, 0.25) is 0 Å². The van der Waals surface area contributed by atoms with Crippen molar-refractivity contribution in [2.45, 2.75) is 43.3 Å². The summed E-state index contributed by atoms with van der Waals surface area (Å²) in [5.41, 5.74) is 1.61. The van der Waals surface area contributed by atoms with Gasteiger partial charge in [0.1, 0.15) is 11.1 Å². The number of hydrogen-bond donors (Lipinski definition) is 1. The SMILES string of the molecule is Cc1nc(SCC(=O)N(C2CC2)C2CCS(=O)(=O)C2)c(C#N)cc1C(=O)Nc1ccccc1. The fraction of sp³-hybridized carbons (Fsp3) is 0.391. The zero-order valence-corrected chi connectivity index (χ0v) is 19.8. The Balaban J connectivity index is 1.46. The molecule has 172 valence electrons. The van der Waals surface area contributed by atoms with Crippen molar-refractivity contribution in [3.8, 4) is 6.07 Å². The minimum Gasteiger partial charge on any atom is -0.335 e. The Morgan fingerprint density at radius 3 is 2.55 bits per heavy atom. The van der Waals surface area contributed by atoms with Crippen LogP contribution in [0.3, 0.4) is 0 Å². The molecule has 8 nitrogen and oxygen atoms in total. The van der Waals surface area contributed by atoms with E-state index in [9.17, 15) is 23.3 Å². The van der Waals surface area contributed by atoms with Gasteiger partial charge in [-0.2, -0.15) is 5.26 Å². The lowest BCUT2D eigenvalue weighted by Gasteiger charge is -2.28. The molecule has 1 N–H and O–H groups in total. The molecule has 2 amide bonds. The summed E-state index contributed by atoms with van der Waals surface area (Å²) < 4.78 is 23.8. The Labute approximate surface area is 197 Å². The van der Waals surface area contributed by atoms with Gasteiger partial charge in [-0.15, -0.1) is 0 Å². The van der Waals surface area contributed by atoms with Crippen LogP contribution in [0.1, 0.15) is 40.9 Å². The largest absolute Gasteiger partial charge is 0.335 e. The van der Waals surface area contributed by atoms with E-state index in [1.807, 2.05) is 18.2 Å². The van der Waals surface area contributed by atoms with Crippen molar-refractivity contribution >= 4 is 39.1 Å². The van der Waals surface area contributed by atoms with Gasteiger partial charge >= 0.3 is 0 Å². The lowest BCUT2D eigenvalue weighted by atomic mass is 10.1. The summed E-state index contributed by atoms with van der Waals surface area (Å²) in [7, 11) is -3.09. The number of benzene rings is 1. The first kappa shape index (κ1) is 23.3. The van der Waals surface area contributed by atoms with Gasteiger partial charge in [0.25, 0.3) is 5.91 Å². The number of aromatic nitrogens is 1. The zero-order chi connectivity index (χ0) is 23.6. The topological polar surface area (TPSA) is 120 Å². The molecule has 2 aromatic rings. The van der Waals surface area contributed by atoms with Crippen molar-refractivity contribution < 1.29 is 18.0 Å². The van der Waals surface area contributed by atoms with Crippen molar-refractivity contribution in [2.24, 2.45) is 0 Å². The van der Waals surface area contributed by atoms with Gasteiger partial charge in [0, 0.05) is 17.8 Å². The van der Waals surface area contributed by atoms with Crippen LogP contribution >= 0.6 is 11.8 Å². The summed E-state index contributed by atoms with van der Waals surface area (Å²) in [5, 5.41) is 12.8. The highest BCUT2D eigenvalue weighted by atomic mass is 32.2. The summed E-state index contributed by atoms with van der Waals surface area (Å²) in [6.07, 6.45) is 2.25. The van der Waals surface area contributed by atoms with Crippen LogP contribution in [0.4, 0.5) is 5.69 Å². The Morgan fingerprint density at radius 2 is 1.94 bits per heavy atom. The molecule has 0 spiro atoms. The molecule has 2 aliphatic rings. The molecule has 1 atom stereocenters. The fourth-order valence-corrected chi connectivity index (χ4v) is 6.56. The molecular formula is C23H24N4O4S2. The number of anilines is 1. The standard InChI is InChI=1S/C23H24N4O4S2/c1-15-20(22(29)26-17-5-3-2-4-6-17)11-16(12-24)23(25-15)32-13-21(28)27(18-7-8-18)19-9-10-33(30,31)14-19/h2-6,11,18-19H,7-10,13-14H2,1H3,(H,26,29). The highest BCUT2D eigenvalue weighted by Crippen LogP contribution is 2.33. The Hall–Kier alpha value is -2.90. The van der Waals surface area contributed by atoms with E-state index in [0.717, 1.165) is 24.6 Å². The van der Waals surface area contributed by atoms with Crippen LogP contribution in [-0.4, -0.2) is 59.5 Å². The van der Waals surface area contributed by atoms with Gasteiger partial charge in [-0.05, 0) is 44.4 Å². The average Bonchev–Trinajstić information content (AvgIpc) is 3.55. The molecule has 1 saturated heterocycles. The highest BCUT2D eigenvalue weighted by molar-refractivity contribution is 8.00. The van der Waals surface area contributed by atoms with Crippen LogP contribution in [0.5, 0.6) is 0 Å². The first-order valence-electron chi connectivity index (χ1n) is 10.7. The third-order valence-electron chi connectivity index (χ3n) is 5.74. The monoisotopic (exact) mass is 484 g/mol. The summed E-state index contributed by atoms with van der Waals surface area (Å²) in [5.74, 6) is -0.306. The number of amides is 2. The molecule has 1 aromatic heterocycles. The maximum absolute atomic E-state index is 13.0. The maximum atomic E-state index is 13.0. The molecule has 0 bridgehead atoms. The average molecular weight is 485 g/mol. The number of aryl methyl sites for hydroxylation is 1. The summed E-state index contributed by atoms with van der Waals surface area (Å²) >= 11 is 1.14. The van der Waals surface area contributed by atoms with E-state index in [1.165, 1.54) is 6.07 Å². The second kappa shape index (κ2) is 9.53. The van der Waals surface area contributed by atoms with Crippen LogP contribution in [-0.2, 0) is 14.6 Å². The Bertz CT molecular complexity index is 1220. The molecule has 1 aliphatic carbocycles. The van der Waals surface area contributed by atoms with Gasteiger partial charge in [-0.25, -0.2) is 13.4 Å². The number of sulfone groups is 1. The van der Waals surface area contributed by atoms with Gasteiger partial charge < -0.3 is 10.2 Å². The van der Waals surface area contributed by atoms with E-state index in [2.05, 4.69) is 16.4 Å². The highest BCUT2D eigenvalue weighted by Gasteiger charge is 2.42. The molecule has 10 heteroatoms. The van der Waals surface area contributed by atoms with Crippen molar-refractivity contribution in [1.82, 2.24) is 9.88 Å². The quantitative estimate of drug-likeness (QED) is 0.600. The summed E-state index contributed by atoms with van der Waals surface area (Å²) in [6, 6.07) is 12.4. The van der Waals surface area contributed by atoms with Gasteiger partial charge in [-0.3, -0.25) is 9.59 Å². The molecule has 1 aromatic carbocycles. The maximum Gasteiger partial charge on any atom is 0.257 e. The molecular weight excluding hydrogens is 460 g/mol. The number of rotatable bonds is 7. The van der Waals surface area contributed by atoms with Crippen molar-refractivity contribution in [3.63, 3.8) is 0 Å². The van der Waals surface area contributed by atoms with Crippen molar-refractivity contribution in [2.75, 3.05) is 22.6 Å². The van der Waals surface area contributed by atoms with Crippen LogP contribution in [0, 0.1) is 18.3 Å². The number of nitriles is 1. The predicted octanol–water partition coefficient (Wildman–Crippen LogP) is 2.78. The fourth-order valence-electron chi connectivity index (χ4n) is 3.98. The minimum absolute atomic E-state index is 0.0198. The lowest BCUT2D eigenvalue weighted by Crippen LogP contribution is -2.43. The van der Waals surface area contributed by atoms with Gasteiger partial charge in [-0.1, -0.05) is 30.0 Å². The smallest absolute Gasteiger partial charge is 0.257 e. The number of thioether (sulfide) groups is 1. The molecule has 1 aliphatic heterocycles. The molecule has 1 unspecified atom stereocenters. The van der Waals surface area contributed by atoms with E-state index in [0.29, 0.717) is 28.4 Å². The Kier molecular flexibility index (Phi) is 6.72. The number of para-hydroxylation sites is 1. The van der Waals surface area contributed by atoms with Gasteiger partial charge in [0.05, 0.1) is 34.1 Å². The van der Waals surface area contributed by atoms with E-state index < -0.39 is 9.84 Å². The second-order valence-corrected chi connectivity index (χ2v) is 11.5. The first-order valence-corrected chi connectivity index (χ1v) is 13.5. The molecule has 2 fully saturated rings. The van der Waals surface area contributed by atoms with Crippen LogP contribution in [0.15, 0.2) is 41.4 Å². The molecule has 1 saturated carbocycles. The predicted molar refractivity (Wildman–Crippen MR) is 126 cm³/mol. The zero-order valence-electron chi connectivity index (χ0n) is 18.2. The summed E-state index contributed by atoms with van der Waals surface area (Å²) in [6.45, 7) is 1.69. The number of carbonyl (C=O) groups is 2. The first-order chi connectivity index (χ1) is 15.8. The van der Waals surface area contributed by atoms with Crippen LogP contribution in [0.25, 0.3) is 0 Å². The van der Waals surface area contributed by atoms with Crippen molar-refractivity contribution in [3.05, 3.63) is 53.2 Å². The minimum atomic E-state index is -3.09. The van der Waals surface area contributed by atoms with E-state index in [4.69, 9.17) is 0 Å². The van der Waals surface area contributed by atoms with Crippen LogP contribution < -0.4 is 5.32 Å². The van der Waals surface area contributed by atoms with E-state index in [1.54, 1.807) is 24.0 Å². The molecule has 33 heavy (non-hydrogen) atoms. The number of nitrogens with one attached hydrogen (secondary N) is 1. The number of carbonyl (C=O) groups excluding carboxylic acids is 2. The second-order valence-electron chi connectivity index (χ2n) is 8.28. The van der Waals surface area contributed by atoms with Crippen molar-refractivity contribution in [1.29, 1.82) is 5.26 Å². The third-order valence-corrected chi connectivity index (χ3v) is 8.46. The lowest BCUT2D eigenvalue weighted by molar-refractivity contribution is -0.130. The third kappa shape index (κ3) is 5.54. The molecule has 2 heterocycles. The number of hydrogen-bond acceptors (Lipinski definition) is 7. The molecule has 0 radical (unpaired) electrons. The van der Waals surface area contributed by atoms with E-state index in [-0.39, 0.29) is 46.7 Å². The molecule has 4 rings (SSSR count). The Morgan fingerprint density at radius 1 is 1.21 bits per heavy atom. The van der Waals surface area contributed by atoms with E-state index >= 15 is 0 Å². The summed E-state index contributed by atoms with van der Waals surface area (Å²) in [4.78, 5) is 31.8. The van der Waals surface area contributed by atoms with Gasteiger partial charge in [0.2, 0.25) is 5.91 Å². The van der Waals surface area contributed by atoms with Gasteiger partial charge in [0.15, 0.2) is 9.84 Å².